The molecule has 1 heterocycles. The summed E-state index contributed by atoms with van der Waals surface area (Å²) in [6.07, 6.45) is 12.7. The third-order valence-electron chi connectivity index (χ3n) is 5.45. The van der Waals surface area contributed by atoms with Crippen LogP contribution in [0.4, 0.5) is 0 Å². The first-order chi connectivity index (χ1) is 12.2. The van der Waals surface area contributed by atoms with Gasteiger partial charge in [0, 0.05) is 18.9 Å². The molecule has 1 aliphatic rings. The van der Waals surface area contributed by atoms with Gasteiger partial charge in [-0.25, -0.2) is 0 Å². The van der Waals surface area contributed by atoms with Gasteiger partial charge in [-0.2, -0.15) is 0 Å². The quantitative estimate of drug-likeness (QED) is 0.445. The molecule has 1 fully saturated rings. The summed E-state index contributed by atoms with van der Waals surface area (Å²) in [5.41, 5.74) is 2.58. The van der Waals surface area contributed by atoms with Crippen LogP contribution in [0.25, 0.3) is 0 Å². The van der Waals surface area contributed by atoms with Gasteiger partial charge in [0.1, 0.15) is 5.78 Å². The summed E-state index contributed by atoms with van der Waals surface area (Å²) in [4.78, 5) is 12.7. The van der Waals surface area contributed by atoms with E-state index in [2.05, 4.69) is 38.1 Å². The van der Waals surface area contributed by atoms with Gasteiger partial charge in [-0.3, -0.25) is 4.79 Å². The van der Waals surface area contributed by atoms with Crippen LogP contribution in [0.15, 0.2) is 24.3 Å². The summed E-state index contributed by atoms with van der Waals surface area (Å²) in [7, 11) is 0. The van der Waals surface area contributed by atoms with Crippen LogP contribution in [0.2, 0.25) is 0 Å². The van der Waals surface area contributed by atoms with Crippen molar-refractivity contribution < 1.29 is 9.53 Å². The fraction of sp³-hybridized carbons (Fsp3) is 0.696. The van der Waals surface area contributed by atoms with Crippen molar-refractivity contribution in [1.82, 2.24) is 0 Å². The number of hydrogen-bond acceptors (Lipinski definition) is 2. The molecule has 0 bridgehead atoms. The lowest BCUT2D eigenvalue weighted by Gasteiger charge is -2.24. The van der Waals surface area contributed by atoms with Gasteiger partial charge in [0.25, 0.3) is 0 Å². The Bertz CT molecular complexity index is 485. The topological polar surface area (TPSA) is 26.3 Å². The van der Waals surface area contributed by atoms with Crippen LogP contribution >= 0.6 is 0 Å². The van der Waals surface area contributed by atoms with Crippen LogP contribution in [0.5, 0.6) is 0 Å². The number of rotatable bonds is 11. The molecule has 0 aliphatic carbocycles. The normalized spacial score (nSPS) is 18.9. The number of unbranched alkanes of at least 4 members (excludes halogenated alkanes) is 4. The minimum Gasteiger partial charge on any atom is -0.378 e. The maximum Gasteiger partial charge on any atom is 0.142 e. The Morgan fingerprint density at radius 3 is 2.48 bits per heavy atom. The van der Waals surface area contributed by atoms with E-state index in [0.717, 1.165) is 32.3 Å². The van der Waals surface area contributed by atoms with Crippen LogP contribution < -0.4 is 0 Å². The molecule has 2 rings (SSSR count). The Morgan fingerprint density at radius 1 is 1.08 bits per heavy atom. The van der Waals surface area contributed by atoms with Crippen molar-refractivity contribution in [1.29, 1.82) is 0 Å². The molecular formula is C23H36O2. The highest BCUT2D eigenvalue weighted by Gasteiger charge is 2.24. The summed E-state index contributed by atoms with van der Waals surface area (Å²) in [6, 6.07) is 8.80. The minimum absolute atomic E-state index is 0.0316. The Hall–Kier alpha value is -1.15. The molecule has 0 N–H and O–H groups in total. The molecule has 1 aromatic carbocycles. The number of carbonyl (C=O) groups excluding carboxylic acids is 1. The molecule has 2 unspecified atom stereocenters. The van der Waals surface area contributed by atoms with Gasteiger partial charge < -0.3 is 4.74 Å². The number of ether oxygens (including phenoxy) is 1. The monoisotopic (exact) mass is 344 g/mol. The predicted octanol–water partition coefficient (Wildman–Crippen LogP) is 6.22. The maximum atomic E-state index is 12.7. The first-order valence-corrected chi connectivity index (χ1v) is 10.5. The van der Waals surface area contributed by atoms with E-state index >= 15 is 0 Å². The zero-order chi connectivity index (χ0) is 17.9. The molecule has 140 valence electrons. The molecule has 2 heteroatoms. The largest absolute Gasteiger partial charge is 0.378 e. The van der Waals surface area contributed by atoms with Gasteiger partial charge in [-0.05, 0) is 49.7 Å². The Morgan fingerprint density at radius 2 is 1.84 bits per heavy atom. The number of hydrogen-bond donors (Lipinski definition) is 0. The van der Waals surface area contributed by atoms with Crippen LogP contribution in [0.1, 0.15) is 95.1 Å². The van der Waals surface area contributed by atoms with Crippen molar-refractivity contribution in [2.75, 3.05) is 6.61 Å². The zero-order valence-electron chi connectivity index (χ0n) is 16.3. The second-order valence-corrected chi connectivity index (χ2v) is 7.53. The third kappa shape index (κ3) is 6.93. The van der Waals surface area contributed by atoms with Gasteiger partial charge in [-0.15, -0.1) is 0 Å². The van der Waals surface area contributed by atoms with Crippen LogP contribution in [-0.4, -0.2) is 18.5 Å². The predicted molar refractivity (Wildman–Crippen MR) is 105 cm³/mol. The molecular weight excluding hydrogens is 308 g/mol. The Kier molecular flexibility index (Phi) is 9.25. The average molecular weight is 345 g/mol. The van der Waals surface area contributed by atoms with Crippen molar-refractivity contribution in [2.45, 2.75) is 96.5 Å². The highest BCUT2D eigenvalue weighted by Crippen LogP contribution is 2.26. The number of carbonyl (C=O) groups is 1. The second kappa shape index (κ2) is 11.5. The minimum atomic E-state index is 0.0316. The van der Waals surface area contributed by atoms with Crippen LogP contribution in [-0.2, 0) is 16.0 Å². The van der Waals surface area contributed by atoms with Crippen molar-refractivity contribution in [3.63, 3.8) is 0 Å². The first-order valence-electron chi connectivity index (χ1n) is 10.5. The molecule has 0 aromatic heterocycles. The fourth-order valence-electron chi connectivity index (χ4n) is 3.83. The zero-order valence-corrected chi connectivity index (χ0v) is 16.3. The fourth-order valence-corrected chi connectivity index (χ4v) is 3.83. The highest BCUT2D eigenvalue weighted by molar-refractivity contribution is 5.86. The van der Waals surface area contributed by atoms with Crippen molar-refractivity contribution in [3.8, 4) is 0 Å². The molecule has 1 saturated heterocycles. The number of benzene rings is 1. The van der Waals surface area contributed by atoms with Crippen LogP contribution in [0.3, 0.4) is 0 Å². The summed E-state index contributed by atoms with van der Waals surface area (Å²) >= 11 is 0. The van der Waals surface area contributed by atoms with E-state index in [4.69, 9.17) is 4.74 Å². The summed E-state index contributed by atoms with van der Waals surface area (Å²) in [5.74, 6) is 0.380. The van der Waals surface area contributed by atoms with E-state index < -0.39 is 0 Å². The smallest absolute Gasteiger partial charge is 0.142 e. The molecule has 0 saturated carbocycles. The Balaban J connectivity index is 1.83. The number of aryl methyl sites for hydroxylation is 1. The van der Waals surface area contributed by atoms with Gasteiger partial charge >= 0.3 is 0 Å². The summed E-state index contributed by atoms with van der Waals surface area (Å²) in [6.45, 7) is 5.19. The average Bonchev–Trinajstić information content (AvgIpc) is 2.64. The van der Waals surface area contributed by atoms with Gasteiger partial charge in [-0.1, -0.05) is 63.8 Å². The first kappa shape index (κ1) is 20.2. The molecule has 0 amide bonds. The lowest BCUT2D eigenvalue weighted by atomic mass is 9.87. The van der Waals surface area contributed by atoms with Crippen molar-refractivity contribution in [2.24, 2.45) is 0 Å². The van der Waals surface area contributed by atoms with E-state index in [1.807, 2.05) is 0 Å². The second-order valence-electron chi connectivity index (χ2n) is 7.53. The lowest BCUT2D eigenvalue weighted by molar-refractivity contribution is -0.124. The molecule has 2 atom stereocenters. The van der Waals surface area contributed by atoms with E-state index in [0.29, 0.717) is 12.2 Å². The summed E-state index contributed by atoms with van der Waals surface area (Å²) in [5, 5.41) is 0. The summed E-state index contributed by atoms with van der Waals surface area (Å²) < 4.78 is 5.75. The molecule has 0 spiro atoms. The molecule has 0 radical (unpaired) electrons. The maximum absolute atomic E-state index is 12.7. The van der Waals surface area contributed by atoms with E-state index in [1.165, 1.54) is 49.7 Å². The van der Waals surface area contributed by atoms with Crippen molar-refractivity contribution in [3.05, 3.63) is 35.4 Å². The lowest BCUT2D eigenvalue weighted by Crippen LogP contribution is -2.25. The standard InChI is InChI=1S/C23H36O2/c1-3-5-6-7-8-11-19-13-15-20(16-14-19)22(4-2)23(24)18-21-12-9-10-17-25-21/h13-16,21-22H,3-12,17-18H2,1-2H3. The van der Waals surface area contributed by atoms with Gasteiger partial charge in [0.2, 0.25) is 0 Å². The molecule has 2 nitrogen and oxygen atoms in total. The molecule has 1 aromatic rings. The van der Waals surface area contributed by atoms with Crippen LogP contribution in [0, 0.1) is 0 Å². The van der Waals surface area contributed by atoms with Gasteiger partial charge in [0.15, 0.2) is 0 Å². The SMILES string of the molecule is CCCCCCCc1ccc(C(CC)C(=O)CC2CCCCO2)cc1. The Labute approximate surface area is 154 Å². The van der Waals surface area contributed by atoms with Crippen molar-refractivity contribution >= 4 is 5.78 Å². The number of ketones is 1. The van der Waals surface area contributed by atoms with E-state index in [9.17, 15) is 4.79 Å². The molecule has 25 heavy (non-hydrogen) atoms. The number of Topliss-reactive ketones (excluding diaryl/α,β-unsaturated/α-hetero) is 1. The van der Waals surface area contributed by atoms with E-state index in [1.54, 1.807) is 0 Å². The van der Waals surface area contributed by atoms with Gasteiger partial charge in [0.05, 0.1) is 6.10 Å². The third-order valence-corrected chi connectivity index (χ3v) is 5.45. The van der Waals surface area contributed by atoms with E-state index in [-0.39, 0.29) is 12.0 Å². The highest BCUT2D eigenvalue weighted by atomic mass is 16.5. The molecule has 1 aliphatic heterocycles.